The Labute approximate surface area is 104 Å². The molecule has 1 unspecified atom stereocenters. The molecule has 0 saturated carbocycles. The molecule has 1 aliphatic carbocycles. The van der Waals surface area contributed by atoms with E-state index in [1.54, 1.807) is 0 Å². The van der Waals surface area contributed by atoms with Gasteiger partial charge in [0.1, 0.15) is 5.82 Å². The molecular weight excluding hydrogens is 210 g/mol. The fourth-order valence-electron chi connectivity index (χ4n) is 2.45. The summed E-state index contributed by atoms with van der Waals surface area (Å²) in [7, 11) is 0. The minimum atomic E-state index is 0.662. The zero-order chi connectivity index (χ0) is 12.1. The Kier molecular flexibility index (Phi) is 4.37. The van der Waals surface area contributed by atoms with Crippen LogP contribution in [0.4, 0.5) is 5.82 Å². The van der Waals surface area contributed by atoms with Crippen molar-refractivity contribution in [3.05, 3.63) is 23.4 Å². The van der Waals surface area contributed by atoms with Crippen LogP contribution in [0.1, 0.15) is 37.4 Å². The van der Waals surface area contributed by atoms with Crippen LogP contribution < -0.4 is 11.1 Å². The normalized spacial score (nSPS) is 15.6. The van der Waals surface area contributed by atoms with Crippen molar-refractivity contribution in [3.8, 4) is 0 Å². The molecule has 0 radical (unpaired) electrons. The molecule has 0 bridgehead atoms. The number of pyridine rings is 1. The number of anilines is 1. The third-order valence-corrected chi connectivity index (χ3v) is 3.65. The van der Waals surface area contributed by atoms with E-state index in [4.69, 9.17) is 5.73 Å². The summed E-state index contributed by atoms with van der Waals surface area (Å²) in [6.07, 6.45) is 5.87. The monoisotopic (exact) mass is 233 g/mol. The molecule has 0 saturated heterocycles. The van der Waals surface area contributed by atoms with E-state index in [9.17, 15) is 0 Å². The summed E-state index contributed by atoms with van der Waals surface area (Å²) in [5, 5.41) is 3.44. The van der Waals surface area contributed by atoms with Crippen molar-refractivity contribution < 1.29 is 0 Å². The SMILES string of the molecule is CCC(CCN)CNc1ccc2c(n1)CCC2. The first kappa shape index (κ1) is 12.4. The molecule has 0 fully saturated rings. The van der Waals surface area contributed by atoms with Crippen molar-refractivity contribution in [2.75, 3.05) is 18.4 Å². The van der Waals surface area contributed by atoms with E-state index in [2.05, 4.69) is 29.4 Å². The zero-order valence-corrected chi connectivity index (χ0v) is 10.7. The van der Waals surface area contributed by atoms with Crippen molar-refractivity contribution in [1.29, 1.82) is 0 Å². The number of nitrogens with one attached hydrogen (secondary N) is 1. The average Bonchev–Trinajstić information content (AvgIpc) is 2.81. The molecule has 17 heavy (non-hydrogen) atoms. The molecule has 2 rings (SSSR count). The smallest absolute Gasteiger partial charge is 0.126 e. The highest BCUT2D eigenvalue weighted by Gasteiger charge is 2.12. The van der Waals surface area contributed by atoms with Gasteiger partial charge in [0, 0.05) is 12.2 Å². The number of aromatic nitrogens is 1. The minimum Gasteiger partial charge on any atom is -0.370 e. The topological polar surface area (TPSA) is 50.9 Å². The van der Waals surface area contributed by atoms with Crippen LogP contribution in [0.5, 0.6) is 0 Å². The van der Waals surface area contributed by atoms with Crippen LogP contribution >= 0.6 is 0 Å². The minimum absolute atomic E-state index is 0.662. The largest absolute Gasteiger partial charge is 0.370 e. The van der Waals surface area contributed by atoms with Gasteiger partial charge in [0.25, 0.3) is 0 Å². The third-order valence-electron chi connectivity index (χ3n) is 3.65. The van der Waals surface area contributed by atoms with Gasteiger partial charge in [0.05, 0.1) is 0 Å². The molecule has 1 heterocycles. The van der Waals surface area contributed by atoms with E-state index in [0.29, 0.717) is 5.92 Å². The molecule has 3 nitrogen and oxygen atoms in total. The van der Waals surface area contributed by atoms with E-state index in [-0.39, 0.29) is 0 Å². The van der Waals surface area contributed by atoms with Gasteiger partial charge in [0.2, 0.25) is 0 Å². The summed E-state index contributed by atoms with van der Waals surface area (Å²) in [6, 6.07) is 4.33. The Bertz CT molecular complexity index is 362. The quantitative estimate of drug-likeness (QED) is 0.793. The third kappa shape index (κ3) is 3.19. The lowest BCUT2D eigenvalue weighted by molar-refractivity contribution is 0.501. The standard InChI is InChI=1S/C14H23N3/c1-2-11(8-9-15)10-16-14-7-6-12-4-3-5-13(12)17-14/h6-7,11H,2-5,8-10,15H2,1H3,(H,16,17). The van der Waals surface area contributed by atoms with Gasteiger partial charge in [-0.1, -0.05) is 19.4 Å². The van der Waals surface area contributed by atoms with Crippen molar-refractivity contribution >= 4 is 5.82 Å². The number of fused-ring (bicyclic) bond motifs is 1. The molecule has 1 atom stereocenters. The number of nitrogens with zero attached hydrogens (tertiary/aromatic N) is 1. The van der Waals surface area contributed by atoms with Crippen molar-refractivity contribution in [2.24, 2.45) is 11.7 Å². The second-order valence-electron chi connectivity index (χ2n) is 4.89. The lowest BCUT2D eigenvalue weighted by Gasteiger charge is -2.15. The van der Waals surface area contributed by atoms with Gasteiger partial charge in [-0.05, 0) is 49.8 Å². The summed E-state index contributed by atoms with van der Waals surface area (Å²) < 4.78 is 0. The van der Waals surface area contributed by atoms with Gasteiger partial charge in [-0.25, -0.2) is 4.98 Å². The van der Waals surface area contributed by atoms with Crippen LogP contribution in [-0.2, 0) is 12.8 Å². The number of hydrogen-bond acceptors (Lipinski definition) is 3. The fraction of sp³-hybridized carbons (Fsp3) is 0.643. The summed E-state index contributed by atoms with van der Waals surface area (Å²) in [4.78, 5) is 4.68. The summed E-state index contributed by atoms with van der Waals surface area (Å²) >= 11 is 0. The summed E-state index contributed by atoms with van der Waals surface area (Å²) in [5.41, 5.74) is 8.33. The molecule has 1 aromatic rings. The second kappa shape index (κ2) is 6.01. The molecule has 1 aliphatic rings. The molecular formula is C14H23N3. The van der Waals surface area contributed by atoms with Crippen molar-refractivity contribution in [2.45, 2.75) is 39.0 Å². The number of rotatable bonds is 6. The first-order chi connectivity index (χ1) is 8.33. The summed E-state index contributed by atoms with van der Waals surface area (Å²) in [6.45, 7) is 3.98. The van der Waals surface area contributed by atoms with Crippen LogP contribution in [0.3, 0.4) is 0 Å². The van der Waals surface area contributed by atoms with Gasteiger partial charge < -0.3 is 11.1 Å². The van der Waals surface area contributed by atoms with Gasteiger partial charge in [-0.3, -0.25) is 0 Å². The Morgan fingerprint density at radius 2 is 2.29 bits per heavy atom. The first-order valence-corrected chi connectivity index (χ1v) is 6.76. The maximum atomic E-state index is 5.60. The van der Waals surface area contributed by atoms with Gasteiger partial charge in [0.15, 0.2) is 0 Å². The van der Waals surface area contributed by atoms with Crippen LogP contribution in [0.25, 0.3) is 0 Å². The predicted molar refractivity (Wildman–Crippen MR) is 72.2 cm³/mol. The lowest BCUT2D eigenvalue weighted by atomic mass is 10.0. The van der Waals surface area contributed by atoms with Crippen LogP contribution in [-0.4, -0.2) is 18.1 Å². The van der Waals surface area contributed by atoms with Crippen molar-refractivity contribution in [1.82, 2.24) is 4.98 Å². The molecule has 0 spiro atoms. The van der Waals surface area contributed by atoms with Gasteiger partial charge >= 0.3 is 0 Å². The maximum absolute atomic E-state index is 5.60. The van der Waals surface area contributed by atoms with E-state index in [1.807, 2.05) is 0 Å². The van der Waals surface area contributed by atoms with E-state index < -0.39 is 0 Å². The average molecular weight is 233 g/mol. The highest BCUT2D eigenvalue weighted by molar-refractivity contribution is 5.40. The first-order valence-electron chi connectivity index (χ1n) is 6.76. The second-order valence-corrected chi connectivity index (χ2v) is 4.89. The summed E-state index contributed by atoms with van der Waals surface area (Å²) in [5.74, 6) is 1.69. The highest BCUT2D eigenvalue weighted by atomic mass is 15.0. The fourth-order valence-corrected chi connectivity index (χ4v) is 2.45. The van der Waals surface area contributed by atoms with Gasteiger partial charge in [-0.2, -0.15) is 0 Å². The Balaban J connectivity index is 1.90. The molecule has 0 aromatic carbocycles. The zero-order valence-electron chi connectivity index (χ0n) is 10.7. The Morgan fingerprint density at radius 1 is 1.41 bits per heavy atom. The van der Waals surface area contributed by atoms with E-state index in [1.165, 1.54) is 30.5 Å². The maximum Gasteiger partial charge on any atom is 0.126 e. The molecule has 3 heteroatoms. The van der Waals surface area contributed by atoms with E-state index in [0.717, 1.165) is 31.7 Å². The Morgan fingerprint density at radius 3 is 3.06 bits per heavy atom. The number of hydrogen-bond donors (Lipinski definition) is 2. The van der Waals surface area contributed by atoms with Crippen LogP contribution in [0.2, 0.25) is 0 Å². The molecule has 94 valence electrons. The predicted octanol–water partition coefficient (Wildman–Crippen LogP) is 2.36. The van der Waals surface area contributed by atoms with Crippen LogP contribution in [0, 0.1) is 5.92 Å². The highest BCUT2D eigenvalue weighted by Crippen LogP contribution is 2.21. The molecule has 3 N–H and O–H groups in total. The molecule has 1 aromatic heterocycles. The molecule has 0 amide bonds. The number of nitrogens with two attached hydrogens (primary N) is 1. The number of aryl methyl sites for hydroxylation is 2. The van der Waals surface area contributed by atoms with Gasteiger partial charge in [-0.15, -0.1) is 0 Å². The van der Waals surface area contributed by atoms with Crippen LogP contribution in [0.15, 0.2) is 12.1 Å². The molecule has 0 aliphatic heterocycles. The van der Waals surface area contributed by atoms with E-state index >= 15 is 0 Å². The Hall–Kier alpha value is -1.09. The van der Waals surface area contributed by atoms with Crippen molar-refractivity contribution in [3.63, 3.8) is 0 Å². The lowest BCUT2D eigenvalue weighted by Crippen LogP contribution is -2.18.